The van der Waals surface area contributed by atoms with Crippen LogP contribution in [-0.2, 0) is 38.4 Å². The van der Waals surface area contributed by atoms with Crippen molar-refractivity contribution in [3.05, 3.63) is 0 Å². The van der Waals surface area contributed by atoms with E-state index in [1.165, 1.54) is 0 Å². The number of carboxylic acid groups (broad SMARTS) is 2. The Bertz CT molecular complexity index is 1120. The largest absolute Gasteiger partial charge is 0.481 e. The van der Waals surface area contributed by atoms with Gasteiger partial charge in [0.15, 0.2) is 11.9 Å². The topological polar surface area (TPSA) is 378 Å². The molecule has 0 radical (unpaired) electrons. The van der Waals surface area contributed by atoms with Crippen LogP contribution in [-0.4, -0.2) is 120 Å². The molecule has 0 aromatic rings. The number of hydrogen-bond donors (Lipinski definition) is 12. The van der Waals surface area contributed by atoms with Gasteiger partial charge in [0, 0.05) is 13.1 Å². The molecule has 0 unspecified atom stereocenters. The molecule has 1 saturated heterocycles. The van der Waals surface area contributed by atoms with Crippen LogP contribution in [0.25, 0.3) is 0 Å². The van der Waals surface area contributed by atoms with E-state index in [2.05, 4.69) is 41.9 Å². The van der Waals surface area contributed by atoms with Crippen molar-refractivity contribution in [1.82, 2.24) is 31.9 Å². The molecule has 16 N–H and O–H groups in total. The number of carbonyl (C=O) groups excluding carboxylic acids is 6. The van der Waals surface area contributed by atoms with Gasteiger partial charge in [-0.2, -0.15) is 0 Å². The highest BCUT2D eigenvalue weighted by Gasteiger charge is 2.31. The highest BCUT2D eigenvalue weighted by Crippen LogP contribution is 2.04. The fraction of sp³-hybridized carbons (Fsp3) is 0.583. The van der Waals surface area contributed by atoms with Gasteiger partial charge < -0.3 is 65.0 Å². The maximum Gasteiger partial charge on any atom is 0.305 e. The van der Waals surface area contributed by atoms with E-state index in [4.69, 9.17) is 22.9 Å². The number of hydrogen-bond acceptors (Lipinski definition) is 10. The van der Waals surface area contributed by atoms with Crippen LogP contribution in [0.3, 0.4) is 0 Å². The van der Waals surface area contributed by atoms with Gasteiger partial charge in [-0.15, -0.1) is 0 Å². The zero-order valence-electron chi connectivity index (χ0n) is 24.7. The zero-order valence-corrected chi connectivity index (χ0v) is 24.7. The molecule has 0 bridgehead atoms. The van der Waals surface area contributed by atoms with Crippen molar-refractivity contribution >= 4 is 59.3 Å². The molecule has 4 atom stereocenters. The summed E-state index contributed by atoms with van der Waals surface area (Å²) in [7, 11) is 0. The molecule has 0 aliphatic carbocycles. The second kappa shape index (κ2) is 19.6. The van der Waals surface area contributed by atoms with E-state index in [0.29, 0.717) is 0 Å². The SMILES string of the molecule is NC(N)=NCCC[C@@H]1NC(=O)[C@H](CC(=O)O)NC(=O)CNC(=O)[C@H](CCCN=C(N)N)NC(=O)[C@@H](CC(=O)O)NC(=O)CNC1=O. The number of nitrogens with one attached hydrogen (secondary N) is 6. The monoisotopic (exact) mass is 656 g/mol. The summed E-state index contributed by atoms with van der Waals surface area (Å²) >= 11 is 0. The number of nitrogens with zero attached hydrogens (tertiary/aromatic N) is 2. The van der Waals surface area contributed by atoms with Crippen LogP contribution in [0.5, 0.6) is 0 Å². The van der Waals surface area contributed by atoms with E-state index in [9.17, 15) is 48.6 Å². The third-order valence-corrected chi connectivity index (χ3v) is 6.06. The zero-order chi connectivity index (χ0) is 34.8. The van der Waals surface area contributed by atoms with E-state index in [-0.39, 0.29) is 50.7 Å². The Morgan fingerprint density at radius 3 is 1.24 bits per heavy atom. The lowest BCUT2D eigenvalue weighted by Crippen LogP contribution is -2.58. The lowest BCUT2D eigenvalue weighted by atomic mass is 10.1. The molecule has 22 heteroatoms. The van der Waals surface area contributed by atoms with Gasteiger partial charge in [-0.3, -0.25) is 48.3 Å². The predicted octanol–water partition coefficient (Wildman–Crippen LogP) is -6.77. The van der Waals surface area contributed by atoms with Gasteiger partial charge in [0.05, 0.1) is 25.9 Å². The Hall–Kier alpha value is -5.70. The number of amides is 6. The average Bonchev–Trinajstić information content (AvgIpc) is 2.95. The molecule has 256 valence electrons. The first-order valence-corrected chi connectivity index (χ1v) is 13.9. The van der Waals surface area contributed by atoms with Crippen molar-refractivity contribution in [3.8, 4) is 0 Å². The second-order valence-electron chi connectivity index (χ2n) is 9.89. The third kappa shape index (κ3) is 15.7. The van der Waals surface area contributed by atoms with Crippen molar-refractivity contribution in [3.63, 3.8) is 0 Å². The molecular weight excluding hydrogens is 616 g/mol. The van der Waals surface area contributed by atoms with E-state index >= 15 is 0 Å². The molecule has 1 heterocycles. The molecule has 22 nitrogen and oxygen atoms in total. The minimum atomic E-state index is -1.69. The van der Waals surface area contributed by atoms with E-state index in [1.807, 2.05) is 0 Å². The highest BCUT2D eigenvalue weighted by atomic mass is 16.4. The minimum Gasteiger partial charge on any atom is -0.481 e. The highest BCUT2D eigenvalue weighted by molar-refractivity contribution is 5.98. The van der Waals surface area contributed by atoms with Gasteiger partial charge in [0.1, 0.15) is 24.2 Å². The van der Waals surface area contributed by atoms with Crippen molar-refractivity contribution in [1.29, 1.82) is 0 Å². The number of aliphatic carboxylic acids is 2. The number of carbonyl (C=O) groups is 8. The number of guanidine groups is 2. The molecule has 0 aromatic heterocycles. The van der Waals surface area contributed by atoms with Gasteiger partial charge in [-0.1, -0.05) is 0 Å². The molecule has 1 rings (SSSR count). The van der Waals surface area contributed by atoms with Crippen LogP contribution in [0, 0.1) is 0 Å². The van der Waals surface area contributed by atoms with Gasteiger partial charge in [0.25, 0.3) is 0 Å². The smallest absolute Gasteiger partial charge is 0.305 e. The summed E-state index contributed by atoms with van der Waals surface area (Å²) in [5.74, 6) is -9.37. The van der Waals surface area contributed by atoms with Crippen LogP contribution in [0.1, 0.15) is 38.5 Å². The minimum absolute atomic E-state index is 0.0404. The van der Waals surface area contributed by atoms with Gasteiger partial charge in [0.2, 0.25) is 35.4 Å². The average molecular weight is 657 g/mol. The first-order chi connectivity index (χ1) is 21.6. The Balaban J connectivity index is 3.35. The number of nitrogens with two attached hydrogens (primary N) is 4. The fourth-order valence-corrected chi connectivity index (χ4v) is 3.93. The lowest BCUT2D eigenvalue weighted by molar-refractivity contribution is -0.142. The summed E-state index contributed by atoms with van der Waals surface area (Å²) < 4.78 is 0. The molecule has 1 aliphatic rings. The number of aliphatic imine (C=N–C) groups is 2. The third-order valence-electron chi connectivity index (χ3n) is 6.06. The molecule has 6 amide bonds. The van der Waals surface area contributed by atoms with Gasteiger partial charge >= 0.3 is 11.9 Å². The van der Waals surface area contributed by atoms with Crippen LogP contribution < -0.4 is 54.8 Å². The summed E-state index contributed by atoms with van der Waals surface area (Å²) in [6.45, 7) is -1.47. The summed E-state index contributed by atoms with van der Waals surface area (Å²) in [5, 5.41) is 32.0. The number of rotatable bonds is 12. The molecule has 0 spiro atoms. The lowest BCUT2D eigenvalue weighted by Gasteiger charge is -2.24. The van der Waals surface area contributed by atoms with Crippen molar-refractivity contribution < 1.29 is 48.6 Å². The number of carboxylic acids is 2. The Kier molecular flexibility index (Phi) is 16.3. The fourth-order valence-electron chi connectivity index (χ4n) is 3.93. The van der Waals surface area contributed by atoms with Crippen LogP contribution in [0.15, 0.2) is 9.98 Å². The summed E-state index contributed by atoms with van der Waals surface area (Å²) in [5.41, 5.74) is 21.1. The second-order valence-corrected chi connectivity index (χ2v) is 9.89. The summed E-state index contributed by atoms with van der Waals surface area (Å²) in [6.07, 6.45) is -1.73. The quantitative estimate of drug-likeness (QED) is 0.0528. The molecule has 46 heavy (non-hydrogen) atoms. The molecular formula is C24H40N12O10. The van der Waals surface area contributed by atoms with Crippen molar-refractivity contribution in [2.75, 3.05) is 26.2 Å². The normalized spacial score (nSPS) is 21.8. The first-order valence-electron chi connectivity index (χ1n) is 13.9. The van der Waals surface area contributed by atoms with E-state index in [1.54, 1.807) is 0 Å². The van der Waals surface area contributed by atoms with Gasteiger partial charge in [-0.25, -0.2) is 0 Å². The van der Waals surface area contributed by atoms with Gasteiger partial charge in [-0.05, 0) is 25.7 Å². The maximum absolute atomic E-state index is 13.0. The van der Waals surface area contributed by atoms with E-state index < -0.39 is 97.5 Å². The first kappa shape index (κ1) is 38.3. The summed E-state index contributed by atoms with van der Waals surface area (Å²) in [6, 6.07) is -6.13. The van der Waals surface area contributed by atoms with Crippen LogP contribution in [0.2, 0.25) is 0 Å². The van der Waals surface area contributed by atoms with Crippen molar-refractivity contribution in [2.24, 2.45) is 32.9 Å². The predicted molar refractivity (Wildman–Crippen MR) is 158 cm³/mol. The standard InChI is InChI=1S/C24H40N12O10/c25-23(26)29-5-1-3-11-19(43)31-9-15(37)34-14(8-18(41)42)22(46)36-12(4-2-6-30-24(27)28)20(44)32-10-16(38)33-13(7-17(39)40)21(45)35-11/h11-14H,1-10H2,(H,31,43)(H,32,44)(H,33,38)(H,34,37)(H,35,45)(H,36,46)(H,39,40)(H,41,42)(H4,25,26,29)(H4,27,28,30)/t11-,12-,13-,14+/m0/s1. The van der Waals surface area contributed by atoms with Crippen LogP contribution >= 0.6 is 0 Å². The molecule has 1 fully saturated rings. The Morgan fingerprint density at radius 2 is 0.935 bits per heavy atom. The summed E-state index contributed by atoms with van der Waals surface area (Å²) in [4.78, 5) is 108. The Morgan fingerprint density at radius 1 is 0.587 bits per heavy atom. The van der Waals surface area contributed by atoms with Crippen molar-refractivity contribution in [2.45, 2.75) is 62.7 Å². The molecule has 0 saturated carbocycles. The van der Waals surface area contributed by atoms with Crippen LogP contribution in [0.4, 0.5) is 0 Å². The Labute approximate surface area is 261 Å². The molecule has 1 aliphatic heterocycles. The van der Waals surface area contributed by atoms with E-state index in [0.717, 1.165) is 0 Å². The maximum atomic E-state index is 13.0. The molecule has 0 aromatic carbocycles.